The number of nitrogens with two attached hydrogens (primary N) is 1. The van der Waals surface area contributed by atoms with E-state index in [1.807, 2.05) is 0 Å². The predicted octanol–water partition coefficient (Wildman–Crippen LogP) is 0.502. The molecule has 2 aliphatic heterocycles. The number of aromatic hydroxyl groups is 1. The van der Waals surface area contributed by atoms with Crippen LogP contribution < -0.4 is 5.73 Å². The van der Waals surface area contributed by atoms with Crippen LogP contribution in [0.5, 0.6) is 5.75 Å². The first kappa shape index (κ1) is 14.6. The Bertz CT molecular complexity index is 640. The van der Waals surface area contributed by atoms with Gasteiger partial charge in [-0.1, -0.05) is 0 Å². The van der Waals surface area contributed by atoms with Gasteiger partial charge in [0.25, 0.3) is 0 Å². The number of piperidine rings is 1. The second-order valence-electron chi connectivity index (χ2n) is 5.27. The fraction of sp³-hybridized carbons (Fsp3) is 0.538. The standard InChI is InChI=1S/C13H18N2O5S/c14-11-8-10(2-3-12(11)16)21(17,18)15-5-1-4-13(9-15)19-6-7-20-13/h2-3,8,16H,1,4-7,9,14H2. The summed E-state index contributed by atoms with van der Waals surface area (Å²) in [6, 6.07) is 3.89. The minimum atomic E-state index is -3.68. The molecule has 21 heavy (non-hydrogen) atoms. The zero-order chi connectivity index (χ0) is 15.1. The average Bonchev–Trinajstić information content (AvgIpc) is 2.89. The minimum Gasteiger partial charge on any atom is -0.506 e. The van der Waals surface area contributed by atoms with Crippen molar-refractivity contribution in [3.05, 3.63) is 18.2 Å². The van der Waals surface area contributed by atoms with Crippen LogP contribution in [0.2, 0.25) is 0 Å². The van der Waals surface area contributed by atoms with Crippen LogP contribution in [0.25, 0.3) is 0 Å². The minimum absolute atomic E-state index is 0.0381. The summed E-state index contributed by atoms with van der Waals surface area (Å²) >= 11 is 0. The highest BCUT2D eigenvalue weighted by atomic mass is 32.2. The molecule has 1 aromatic carbocycles. The molecule has 2 aliphatic rings. The zero-order valence-corrected chi connectivity index (χ0v) is 12.3. The van der Waals surface area contributed by atoms with Crippen LogP contribution in [0.4, 0.5) is 5.69 Å². The number of nitrogen functional groups attached to an aromatic ring is 1. The number of benzene rings is 1. The lowest BCUT2D eigenvalue weighted by atomic mass is 10.1. The van der Waals surface area contributed by atoms with Crippen molar-refractivity contribution in [1.29, 1.82) is 0 Å². The van der Waals surface area contributed by atoms with Crippen molar-refractivity contribution in [2.75, 3.05) is 32.0 Å². The van der Waals surface area contributed by atoms with Crippen molar-refractivity contribution in [3.8, 4) is 5.75 Å². The topological polar surface area (TPSA) is 102 Å². The fourth-order valence-electron chi connectivity index (χ4n) is 2.73. The second-order valence-corrected chi connectivity index (χ2v) is 7.21. The van der Waals surface area contributed by atoms with E-state index < -0.39 is 15.8 Å². The molecule has 3 N–H and O–H groups in total. The van der Waals surface area contributed by atoms with E-state index in [2.05, 4.69) is 0 Å². The van der Waals surface area contributed by atoms with Crippen molar-refractivity contribution >= 4 is 15.7 Å². The van der Waals surface area contributed by atoms with E-state index >= 15 is 0 Å². The molecular formula is C13H18N2O5S. The molecule has 2 fully saturated rings. The van der Waals surface area contributed by atoms with Crippen LogP contribution in [0, 0.1) is 0 Å². The summed E-state index contributed by atoms with van der Waals surface area (Å²) in [6.45, 7) is 1.56. The summed E-state index contributed by atoms with van der Waals surface area (Å²) in [4.78, 5) is 0.0628. The van der Waals surface area contributed by atoms with E-state index in [1.165, 1.54) is 22.5 Å². The number of phenols is 1. The SMILES string of the molecule is Nc1cc(S(=O)(=O)N2CCCC3(C2)OCCO3)ccc1O. The first-order chi connectivity index (χ1) is 9.93. The Labute approximate surface area is 123 Å². The lowest BCUT2D eigenvalue weighted by Crippen LogP contribution is -2.50. The number of hydrogen-bond donors (Lipinski definition) is 2. The number of nitrogens with zero attached hydrogens (tertiary/aromatic N) is 1. The van der Waals surface area contributed by atoms with Crippen molar-refractivity contribution < 1.29 is 23.0 Å². The van der Waals surface area contributed by atoms with E-state index in [-0.39, 0.29) is 22.9 Å². The second kappa shape index (κ2) is 5.13. The number of anilines is 1. The fourth-order valence-corrected chi connectivity index (χ4v) is 4.28. The molecule has 0 aliphatic carbocycles. The van der Waals surface area contributed by atoms with Crippen molar-refractivity contribution in [2.24, 2.45) is 0 Å². The van der Waals surface area contributed by atoms with Crippen LogP contribution in [-0.4, -0.2) is 49.9 Å². The van der Waals surface area contributed by atoms with Gasteiger partial charge >= 0.3 is 0 Å². The summed E-state index contributed by atoms with van der Waals surface area (Å²) < 4.78 is 37.9. The Kier molecular flexibility index (Phi) is 3.56. The Morgan fingerprint density at radius 1 is 1.29 bits per heavy atom. The number of hydrogen-bond acceptors (Lipinski definition) is 6. The lowest BCUT2D eigenvalue weighted by Gasteiger charge is -2.37. The highest BCUT2D eigenvalue weighted by molar-refractivity contribution is 7.89. The molecule has 0 unspecified atom stereocenters. The smallest absolute Gasteiger partial charge is 0.243 e. The number of sulfonamides is 1. The summed E-state index contributed by atoms with van der Waals surface area (Å²) in [5.41, 5.74) is 5.62. The van der Waals surface area contributed by atoms with Gasteiger partial charge in [-0.25, -0.2) is 8.42 Å². The molecule has 0 saturated carbocycles. The third-order valence-electron chi connectivity index (χ3n) is 3.83. The van der Waals surface area contributed by atoms with Gasteiger partial charge in [-0.3, -0.25) is 0 Å². The Balaban J connectivity index is 1.88. The Morgan fingerprint density at radius 2 is 2.00 bits per heavy atom. The van der Waals surface area contributed by atoms with Crippen molar-refractivity contribution in [3.63, 3.8) is 0 Å². The highest BCUT2D eigenvalue weighted by Gasteiger charge is 2.44. The number of phenolic OH excluding ortho intramolecular Hbond substituents is 1. The van der Waals surface area contributed by atoms with Crippen LogP contribution in [0.15, 0.2) is 23.1 Å². The molecule has 7 nitrogen and oxygen atoms in total. The Morgan fingerprint density at radius 3 is 2.67 bits per heavy atom. The molecule has 0 amide bonds. The van der Waals surface area contributed by atoms with Gasteiger partial charge in [-0.05, 0) is 24.6 Å². The molecule has 0 bridgehead atoms. The van der Waals surface area contributed by atoms with E-state index in [0.717, 1.165) is 0 Å². The molecule has 8 heteroatoms. The third-order valence-corrected chi connectivity index (χ3v) is 5.67. The van der Waals surface area contributed by atoms with Crippen LogP contribution in [0.1, 0.15) is 12.8 Å². The molecule has 1 spiro atoms. The molecule has 0 radical (unpaired) electrons. The summed E-state index contributed by atoms with van der Waals surface area (Å²) in [5, 5.41) is 9.41. The van der Waals surface area contributed by atoms with Gasteiger partial charge in [0.2, 0.25) is 10.0 Å². The predicted molar refractivity (Wildman–Crippen MR) is 75.1 cm³/mol. The van der Waals surface area contributed by atoms with E-state index in [9.17, 15) is 13.5 Å². The quantitative estimate of drug-likeness (QED) is 0.609. The molecule has 0 aromatic heterocycles. The van der Waals surface area contributed by atoms with Gasteiger partial charge in [0.15, 0.2) is 5.79 Å². The first-order valence-corrected chi connectivity index (χ1v) is 8.24. The van der Waals surface area contributed by atoms with Gasteiger partial charge in [0.1, 0.15) is 5.75 Å². The van der Waals surface area contributed by atoms with E-state index in [1.54, 1.807) is 0 Å². The normalized spacial score (nSPS) is 22.7. The molecule has 3 rings (SSSR count). The van der Waals surface area contributed by atoms with E-state index in [4.69, 9.17) is 15.2 Å². The molecule has 0 atom stereocenters. The van der Waals surface area contributed by atoms with Gasteiger partial charge in [0.05, 0.1) is 30.3 Å². The molecule has 2 saturated heterocycles. The third kappa shape index (κ3) is 2.59. The summed E-state index contributed by atoms with van der Waals surface area (Å²) in [7, 11) is -3.68. The summed E-state index contributed by atoms with van der Waals surface area (Å²) in [5.74, 6) is -0.945. The van der Waals surface area contributed by atoms with Gasteiger partial charge in [-0.15, -0.1) is 0 Å². The van der Waals surface area contributed by atoms with Gasteiger partial charge < -0.3 is 20.3 Å². The first-order valence-electron chi connectivity index (χ1n) is 6.80. The van der Waals surface area contributed by atoms with E-state index in [0.29, 0.717) is 32.6 Å². The Hall–Kier alpha value is -1.35. The maximum absolute atomic E-state index is 12.7. The molecule has 2 heterocycles. The number of ether oxygens (including phenoxy) is 2. The monoisotopic (exact) mass is 314 g/mol. The zero-order valence-electron chi connectivity index (χ0n) is 11.5. The summed E-state index contributed by atoms with van der Waals surface area (Å²) in [6.07, 6.45) is 1.36. The maximum Gasteiger partial charge on any atom is 0.243 e. The largest absolute Gasteiger partial charge is 0.506 e. The maximum atomic E-state index is 12.7. The van der Waals surface area contributed by atoms with Gasteiger partial charge in [0, 0.05) is 13.0 Å². The van der Waals surface area contributed by atoms with Crippen LogP contribution in [0.3, 0.4) is 0 Å². The molecule has 116 valence electrons. The highest BCUT2D eigenvalue weighted by Crippen LogP contribution is 2.33. The molecular weight excluding hydrogens is 296 g/mol. The lowest BCUT2D eigenvalue weighted by molar-refractivity contribution is -0.179. The van der Waals surface area contributed by atoms with Crippen LogP contribution >= 0.6 is 0 Å². The number of rotatable bonds is 2. The van der Waals surface area contributed by atoms with Gasteiger partial charge in [-0.2, -0.15) is 4.31 Å². The van der Waals surface area contributed by atoms with Crippen molar-refractivity contribution in [2.45, 2.75) is 23.5 Å². The van der Waals surface area contributed by atoms with Crippen molar-refractivity contribution in [1.82, 2.24) is 4.31 Å². The average molecular weight is 314 g/mol. The molecule has 1 aromatic rings. The van der Waals surface area contributed by atoms with Crippen LogP contribution in [-0.2, 0) is 19.5 Å².